The van der Waals surface area contributed by atoms with E-state index in [0.717, 1.165) is 5.56 Å². The van der Waals surface area contributed by atoms with E-state index in [1.54, 1.807) is 31.3 Å². The molecule has 0 spiro atoms. The number of nitrogens with one attached hydrogen (secondary N) is 1. The van der Waals surface area contributed by atoms with Gasteiger partial charge in [0.25, 0.3) is 0 Å². The summed E-state index contributed by atoms with van der Waals surface area (Å²) in [6.07, 6.45) is 0.261. The summed E-state index contributed by atoms with van der Waals surface area (Å²) in [7, 11) is 1.68. The zero-order valence-corrected chi connectivity index (χ0v) is 14.8. The van der Waals surface area contributed by atoms with Crippen LogP contribution in [-0.4, -0.2) is 43.5 Å². The number of carbonyl (C=O) groups is 2. The highest BCUT2D eigenvalue weighted by Gasteiger charge is 2.11. The van der Waals surface area contributed by atoms with Crippen LogP contribution in [0.5, 0.6) is 5.75 Å². The largest absolute Gasteiger partial charge is 0.492 e. The van der Waals surface area contributed by atoms with E-state index in [-0.39, 0.29) is 24.8 Å². The molecule has 2 rings (SSSR count). The van der Waals surface area contributed by atoms with Gasteiger partial charge in [0.1, 0.15) is 12.4 Å². The van der Waals surface area contributed by atoms with Gasteiger partial charge in [0, 0.05) is 12.1 Å². The van der Waals surface area contributed by atoms with Crippen molar-refractivity contribution in [3.63, 3.8) is 0 Å². The van der Waals surface area contributed by atoms with Crippen LogP contribution in [0.3, 0.4) is 0 Å². The number of rotatable bonds is 8. The predicted molar refractivity (Wildman–Crippen MR) is 97.7 cm³/mol. The molecule has 0 heterocycles. The van der Waals surface area contributed by atoms with Gasteiger partial charge in [-0.2, -0.15) is 0 Å². The van der Waals surface area contributed by atoms with Crippen LogP contribution >= 0.6 is 11.6 Å². The van der Waals surface area contributed by atoms with Crippen LogP contribution in [0.2, 0.25) is 5.02 Å². The molecule has 0 atom stereocenters. The van der Waals surface area contributed by atoms with E-state index in [1.165, 1.54) is 4.90 Å². The van der Waals surface area contributed by atoms with Crippen molar-refractivity contribution in [3.05, 3.63) is 65.2 Å². The molecule has 0 saturated heterocycles. The maximum absolute atomic E-state index is 12.0. The summed E-state index contributed by atoms with van der Waals surface area (Å²) in [6.45, 7) is 0.765. The molecule has 2 aromatic rings. The van der Waals surface area contributed by atoms with Crippen molar-refractivity contribution in [2.45, 2.75) is 6.42 Å². The number of benzene rings is 2. The first-order chi connectivity index (χ1) is 12.0. The predicted octanol–water partition coefficient (Wildman–Crippen LogP) is 2.54. The van der Waals surface area contributed by atoms with Crippen molar-refractivity contribution >= 4 is 23.4 Å². The average Bonchev–Trinajstić information content (AvgIpc) is 2.62. The zero-order chi connectivity index (χ0) is 18.1. The molecule has 2 aromatic carbocycles. The molecule has 0 aliphatic heterocycles. The molecular weight excluding hydrogens is 340 g/mol. The van der Waals surface area contributed by atoms with Gasteiger partial charge in [0.05, 0.1) is 19.5 Å². The topological polar surface area (TPSA) is 58.6 Å². The first kappa shape index (κ1) is 18.8. The molecule has 0 aromatic heterocycles. The fourth-order valence-electron chi connectivity index (χ4n) is 2.11. The highest BCUT2D eigenvalue weighted by Crippen LogP contribution is 2.15. The quantitative estimate of drug-likeness (QED) is 0.787. The third kappa shape index (κ3) is 6.85. The lowest BCUT2D eigenvalue weighted by Gasteiger charge is -2.18. The molecule has 6 heteroatoms. The number of ether oxygens (including phenoxy) is 1. The van der Waals surface area contributed by atoms with Crippen LogP contribution in [0.1, 0.15) is 5.56 Å². The smallest absolute Gasteiger partial charge is 0.241 e. The van der Waals surface area contributed by atoms with Crippen molar-refractivity contribution in [3.8, 4) is 5.75 Å². The van der Waals surface area contributed by atoms with Gasteiger partial charge in [-0.1, -0.05) is 41.9 Å². The number of amides is 2. The molecule has 1 N–H and O–H groups in total. The minimum Gasteiger partial charge on any atom is -0.492 e. The molecule has 0 saturated carbocycles. The van der Waals surface area contributed by atoms with Gasteiger partial charge in [-0.15, -0.1) is 0 Å². The van der Waals surface area contributed by atoms with Gasteiger partial charge in [-0.25, -0.2) is 0 Å². The highest BCUT2D eigenvalue weighted by molar-refractivity contribution is 6.30. The van der Waals surface area contributed by atoms with Gasteiger partial charge < -0.3 is 15.0 Å². The maximum atomic E-state index is 12.0. The normalized spacial score (nSPS) is 10.2. The molecule has 0 bridgehead atoms. The fraction of sp³-hybridized carbons (Fsp3) is 0.263. The summed E-state index contributed by atoms with van der Waals surface area (Å²) in [6, 6.07) is 16.4. The molecule has 0 aliphatic carbocycles. The fourth-order valence-corrected chi connectivity index (χ4v) is 2.23. The van der Waals surface area contributed by atoms with E-state index in [4.69, 9.17) is 16.3 Å². The van der Waals surface area contributed by atoms with Crippen LogP contribution in [0.4, 0.5) is 0 Å². The Morgan fingerprint density at radius 3 is 2.44 bits per heavy atom. The molecular formula is C19H21ClN2O3. The van der Waals surface area contributed by atoms with Gasteiger partial charge in [-0.05, 0) is 29.8 Å². The molecule has 0 unspecified atom stereocenters. The lowest BCUT2D eigenvalue weighted by molar-refractivity contribution is -0.131. The Hall–Kier alpha value is -2.53. The maximum Gasteiger partial charge on any atom is 0.241 e. The Kier molecular flexibility index (Phi) is 7.29. The first-order valence-corrected chi connectivity index (χ1v) is 8.35. The summed E-state index contributed by atoms with van der Waals surface area (Å²) in [4.78, 5) is 25.4. The molecule has 0 fully saturated rings. The number of halogens is 1. The zero-order valence-electron chi connectivity index (χ0n) is 14.1. The number of carbonyl (C=O) groups excluding carboxylic acids is 2. The Labute approximate surface area is 152 Å². The molecule has 0 radical (unpaired) electrons. The molecule has 132 valence electrons. The van der Waals surface area contributed by atoms with E-state index < -0.39 is 0 Å². The van der Waals surface area contributed by atoms with Gasteiger partial charge in [0.15, 0.2) is 0 Å². The number of hydrogen-bond donors (Lipinski definition) is 1. The third-order valence-corrected chi connectivity index (χ3v) is 3.83. The summed E-state index contributed by atoms with van der Waals surface area (Å²) >= 11 is 5.81. The average molecular weight is 361 g/mol. The Morgan fingerprint density at radius 2 is 1.76 bits per heavy atom. The van der Waals surface area contributed by atoms with Crippen LogP contribution in [0.15, 0.2) is 54.6 Å². The lowest BCUT2D eigenvalue weighted by atomic mass is 10.1. The number of nitrogens with zero attached hydrogens (tertiary/aromatic N) is 1. The number of hydrogen-bond acceptors (Lipinski definition) is 3. The highest BCUT2D eigenvalue weighted by atomic mass is 35.5. The van der Waals surface area contributed by atoms with E-state index in [1.807, 2.05) is 30.3 Å². The van der Waals surface area contributed by atoms with Gasteiger partial charge >= 0.3 is 0 Å². The summed E-state index contributed by atoms with van der Waals surface area (Å²) in [5, 5.41) is 3.28. The second kappa shape index (κ2) is 9.69. The summed E-state index contributed by atoms with van der Waals surface area (Å²) in [5.74, 6) is 0.355. The van der Waals surface area contributed by atoms with Gasteiger partial charge in [-0.3, -0.25) is 9.59 Å². The molecule has 25 heavy (non-hydrogen) atoms. The van der Waals surface area contributed by atoms with E-state index in [0.29, 0.717) is 23.9 Å². The van der Waals surface area contributed by atoms with Crippen molar-refractivity contribution in [1.82, 2.24) is 10.2 Å². The van der Waals surface area contributed by atoms with E-state index in [9.17, 15) is 9.59 Å². The standard InChI is InChI=1S/C19H21ClN2O3/c1-22(11-12-25-17-9-7-16(20)8-10-17)19(24)14-21-18(23)13-15-5-3-2-4-6-15/h2-10H,11-14H2,1H3,(H,21,23). The van der Waals surface area contributed by atoms with Crippen LogP contribution in [0.25, 0.3) is 0 Å². The monoisotopic (exact) mass is 360 g/mol. The Morgan fingerprint density at radius 1 is 1.08 bits per heavy atom. The van der Waals surface area contributed by atoms with Crippen molar-refractivity contribution < 1.29 is 14.3 Å². The van der Waals surface area contributed by atoms with E-state index >= 15 is 0 Å². The molecule has 0 aliphatic rings. The van der Waals surface area contributed by atoms with Crippen molar-refractivity contribution in [2.24, 2.45) is 0 Å². The van der Waals surface area contributed by atoms with Crippen LogP contribution in [0, 0.1) is 0 Å². The molecule has 2 amide bonds. The Bertz CT molecular complexity index is 690. The minimum atomic E-state index is -0.176. The minimum absolute atomic E-state index is 0.0247. The molecule has 5 nitrogen and oxygen atoms in total. The summed E-state index contributed by atoms with van der Waals surface area (Å²) < 4.78 is 5.55. The van der Waals surface area contributed by atoms with Crippen LogP contribution < -0.4 is 10.1 Å². The van der Waals surface area contributed by atoms with Crippen molar-refractivity contribution in [1.29, 1.82) is 0 Å². The Balaban J connectivity index is 1.65. The lowest BCUT2D eigenvalue weighted by Crippen LogP contribution is -2.40. The number of likely N-dealkylation sites (N-methyl/N-ethyl adjacent to an activating group) is 1. The van der Waals surface area contributed by atoms with E-state index in [2.05, 4.69) is 5.32 Å². The van der Waals surface area contributed by atoms with Crippen LogP contribution in [-0.2, 0) is 16.0 Å². The first-order valence-electron chi connectivity index (χ1n) is 7.97. The van der Waals surface area contributed by atoms with Gasteiger partial charge in [0.2, 0.25) is 11.8 Å². The van der Waals surface area contributed by atoms with Crippen molar-refractivity contribution in [2.75, 3.05) is 26.7 Å². The second-order valence-electron chi connectivity index (χ2n) is 5.56. The summed E-state index contributed by atoms with van der Waals surface area (Å²) in [5.41, 5.74) is 0.914. The second-order valence-corrected chi connectivity index (χ2v) is 5.99. The SMILES string of the molecule is CN(CCOc1ccc(Cl)cc1)C(=O)CNC(=O)Cc1ccccc1. The third-order valence-electron chi connectivity index (χ3n) is 3.58.